The molecule has 0 spiro atoms. The summed E-state index contributed by atoms with van der Waals surface area (Å²) in [5.74, 6) is -0.190. The maximum Gasteiger partial charge on any atom is 0.416 e. The lowest BCUT2D eigenvalue weighted by atomic mass is 9.94. The molecule has 0 saturated carbocycles. The number of nitrogens with zero attached hydrogens (tertiary/aromatic N) is 3. The Labute approximate surface area is 186 Å². The van der Waals surface area contributed by atoms with E-state index in [1.54, 1.807) is 11.1 Å². The van der Waals surface area contributed by atoms with Crippen molar-refractivity contribution in [2.24, 2.45) is 0 Å². The third-order valence-corrected chi connectivity index (χ3v) is 5.79. The van der Waals surface area contributed by atoms with Crippen molar-refractivity contribution in [1.82, 2.24) is 24.9 Å². The van der Waals surface area contributed by atoms with Gasteiger partial charge in [0.1, 0.15) is 0 Å². The fourth-order valence-electron chi connectivity index (χ4n) is 4.13. The third kappa shape index (κ3) is 4.91. The van der Waals surface area contributed by atoms with Crippen LogP contribution in [0.15, 0.2) is 52.2 Å². The van der Waals surface area contributed by atoms with Crippen molar-refractivity contribution < 1.29 is 18.0 Å². The van der Waals surface area contributed by atoms with E-state index in [-0.39, 0.29) is 24.9 Å². The van der Waals surface area contributed by atoms with E-state index >= 15 is 0 Å². The molecule has 33 heavy (non-hydrogen) atoms. The van der Waals surface area contributed by atoms with Crippen LogP contribution in [0.2, 0.25) is 0 Å². The predicted molar refractivity (Wildman–Crippen MR) is 113 cm³/mol. The Bertz CT molecular complexity index is 1240. The maximum atomic E-state index is 13.0. The molecule has 1 aromatic carbocycles. The number of halogens is 3. The number of hydrogen-bond donors (Lipinski definition) is 2. The molecule has 1 aliphatic heterocycles. The first-order valence-corrected chi connectivity index (χ1v) is 10.5. The van der Waals surface area contributed by atoms with Gasteiger partial charge < -0.3 is 4.90 Å². The second-order valence-electron chi connectivity index (χ2n) is 7.92. The van der Waals surface area contributed by atoms with Crippen LogP contribution >= 0.6 is 0 Å². The normalized spacial score (nSPS) is 16.7. The molecule has 174 valence electrons. The van der Waals surface area contributed by atoms with Crippen molar-refractivity contribution in [3.05, 3.63) is 74.6 Å². The van der Waals surface area contributed by atoms with Crippen molar-refractivity contribution in [2.75, 3.05) is 6.54 Å². The average Bonchev–Trinajstić information content (AvgIpc) is 3.29. The van der Waals surface area contributed by atoms with Crippen molar-refractivity contribution in [2.45, 2.75) is 44.4 Å². The van der Waals surface area contributed by atoms with Crippen LogP contribution in [0.3, 0.4) is 0 Å². The highest BCUT2D eigenvalue weighted by molar-refractivity contribution is 5.77. The molecule has 1 unspecified atom stereocenters. The molecule has 1 aliphatic rings. The van der Waals surface area contributed by atoms with Crippen LogP contribution in [0.1, 0.15) is 43.0 Å². The van der Waals surface area contributed by atoms with Crippen molar-refractivity contribution in [1.29, 1.82) is 0 Å². The van der Waals surface area contributed by atoms with Gasteiger partial charge in [0.2, 0.25) is 5.91 Å². The number of alkyl halides is 3. The number of aromatic amines is 2. The van der Waals surface area contributed by atoms with Crippen molar-refractivity contribution >= 4 is 5.91 Å². The van der Waals surface area contributed by atoms with Crippen LogP contribution in [0.4, 0.5) is 13.2 Å². The van der Waals surface area contributed by atoms with E-state index in [0.29, 0.717) is 29.8 Å². The van der Waals surface area contributed by atoms with E-state index in [4.69, 9.17) is 0 Å². The third-order valence-electron chi connectivity index (χ3n) is 5.79. The lowest BCUT2D eigenvalue weighted by molar-refractivity contribution is -0.137. The predicted octanol–water partition coefficient (Wildman–Crippen LogP) is 3.09. The topological polar surface area (TPSA) is 104 Å². The molecule has 3 heterocycles. The molecule has 2 N–H and O–H groups in total. The lowest BCUT2D eigenvalue weighted by Gasteiger charge is -2.36. The second-order valence-corrected chi connectivity index (χ2v) is 7.92. The Kier molecular flexibility index (Phi) is 6.21. The van der Waals surface area contributed by atoms with E-state index < -0.39 is 22.9 Å². The summed E-state index contributed by atoms with van der Waals surface area (Å²) in [6.45, 7) is 0.543. The Balaban J connectivity index is 1.55. The van der Waals surface area contributed by atoms with Crippen LogP contribution in [-0.2, 0) is 17.5 Å². The van der Waals surface area contributed by atoms with E-state index in [0.717, 1.165) is 41.8 Å². The first-order valence-electron chi connectivity index (χ1n) is 10.5. The van der Waals surface area contributed by atoms with E-state index in [1.807, 2.05) is 0 Å². The Morgan fingerprint density at radius 3 is 2.58 bits per heavy atom. The highest BCUT2D eigenvalue weighted by Gasteiger charge is 2.32. The fraction of sp³-hybridized carbons (Fsp3) is 0.364. The summed E-state index contributed by atoms with van der Waals surface area (Å²) in [5, 5.41) is 9.41. The zero-order chi connectivity index (χ0) is 23.6. The molecule has 1 amide bonds. The summed E-state index contributed by atoms with van der Waals surface area (Å²) in [5.41, 5.74) is 0.288. The molecule has 11 heteroatoms. The molecule has 8 nitrogen and oxygen atoms in total. The van der Waals surface area contributed by atoms with Crippen LogP contribution in [0.5, 0.6) is 0 Å². The Morgan fingerprint density at radius 2 is 1.85 bits per heavy atom. The summed E-state index contributed by atoms with van der Waals surface area (Å²) in [6, 6.07) is 6.78. The molecule has 3 aromatic rings. The van der Waals surface area contributed by atoms with Crippen molar-refractivity contribution in [3.8, 4) is 11.1 Å². The first kappa shape index (κ1) is 22.6. The molecular formula is C22H22F3N5O3. The van der Waals surface area contributed by atoms with E-state index in [9.17, 15) is 27.6 Å². The zero-order valence-corrected chi connectivity index (χ0v) is 17.6. The molecule has 0 bridgehead atoms. The second kappa shape index (κ2) is 9.08. The number of benzene rings is 1. The largest absolute Gasteiger partial charge is 0.416 e. The molecule has 4 rings (SSSR count). The van der Waals surface area contributed by atoms with Gasteiger partial charge in [-0.2, -0.15) is 18.3 Å². The van der Waals surface area contributed by atoms with Gasteiger partial charge in [0.15, 0.2) is 0 Å². The van der Waals surface area contributed by atoms with Gasteiger partial charge in [0.25, 0.3) is 11.1 Å². The number of carbonyl (C=O) groups excluding carboxylic acids is 1. The number of H-pyrrole nitrogens is 2. The smallest absolute Gasteiger partial charge is 0.334 e. The summed E-state index contributed by atoms with van der Waals surface area (Å²) < 4.78 is 39.8. The molecule has 0 radical (unpaired) electrons. The lowest BCUT2D eigenvalue weighted by Crippen LogP contribution is -2.40. The van der Waals surface area contributed by atoms with Gasteiger partial charge in [-0.1, -0.05) is 12.1 Å². The van der Waals surface area contributed by atoms with E-state index in [1.165, 1.54) is 12.1 Å². The molecule has 1 atom stereocenters. The summed E-state index contributed by atoms with van der Waals surface area (Å²) in [4.78, 5) is 38.1. The summed E-state index contributed by atoms with van der Waals surface area (Å²) in [6.07, 6.45) is -0.498. The van der Waals surface area contributed by atoms with Gasteiger partial charge in [-0.3, -0.25) is 24.6 Å². The monoisotopic (exact) mass is 461 g/mol. The number of carbonyl (C=O) groups is 1. The van der Waals surface area contributed by atoms with Gasteiger partial charge >= 0.3 is 6.18 Å². The number of rotatable bonds is 5. The van der Waals surface area contributed by atoms with Crippen LogP contribution < -0.4 is 11.1 Å². The standard InChI is InChI=1S/C22H22F3N5O3/c23-22(24,25)15-6-4-14(5-7-15)16-13-26-27-21(16)17-3-1-2-11-29(17)19(32)10-12-30-20(33)9-8-18(31)28-30/h4-9,13,17H,1-3,10-12H2,(H,26,27)(H,28,31). The van der Waals surface area contributed by atoms with Gasteiger partial charge in [0.05, 0.1) is 30.0 Å². The Morgan fingerprint density at radius 1 is 1.09 bits per heavy atom. The minimum atomic E-state index is -4.42. The van der Waals surface area contributed by atoms with Gasteiger partial charge in [-0.05, 0) is 37.0 Å². The van der Waals surface area contributed by atoms with Crippen LogP contribution in [0.25, 0.3) is 11.1 Å². The maximum absolute atomic E-state index is 13.0. The van der Waals surface area contributed by atoms with Crippen LogP contribution in [-0.4, -0.2) is 37.3 Å². The van der Waals surface area contributed by atoms with Gasteiger partial charge in [0, 0.05) is 30.7 Å². The number of likely N-dealkylation sites (tertiary alicyclic amines) is 1. The number of aromatic nitrogens is 4. The SMILES string of the molecule is O=C(CCn1[nH]c(=O)ccc1=O)N1CCCCC1c1[nH]ncc1-c1ccc(C(F)(F)F)cc1. The van der Waals surface area contributed by atoms with Gasteiger partial charge in [-0.15, -0.1) is 0 Å². The van der Waals surface area contributed by atoms with E-state index in [2.05, 4.69) is 15.3 Å². The number of nitrogens with one attached hydrogen (secondary N) is 2. The fourth-order valence-corrected chi connectivity index (χ4v) is 4.13. The minimum Gasteiger partial charge on any atom is -0.334 e. The number of hydrogen-bond acceptors (Lipinski definition) is 4. The molecule has 0 aliphatic carbocycles. The van der Waals surface area contributed by atoms with Gasteiger partial charge in [-0.25, -0.2) is 4.68 Å². The number of aryl methyl sites for hydroxylation is 1. The average molecular weight is 461 g/mol. The number of amides is 1. The zero-order valence-electron chi connectivity index (χ0n) is 17.6. The van der Waals surface area contributed by atoms with Crippen LogP contribution in [0, 0.1) is 0 Å². The molecule has 1 fully saturated rings. The molecular weight excluding hydrogens is 439 g/mol. The number of piperidine rings is 1. The minimum absolute atomic E-state index is 0.0140. The first-order chi connectivity index (χ1) is 15.7. The molecule has 1 saturated heterocycles. The Hall–Kier alpha value is -3.63. The summed E-state index contributed by atoms with van der Waals surface area (Å²) in [7, 11) is 0. The quantitative estimate of drug-likeness (QED) is 0.609. The van der Waals surface area contributed by atoms with Crippen molar-refractivity contribution in [3.63, 3.8) is 0 Å². The highest BCUT2D eigenvalue weighted by Crippen LogP contribution is 2.37. The highest BCUT2D eigenvalue weighted by atomic mass is 19.4. The molecule has 2 aromatic heterocycles. The summed E-state index contributed by atoms with van der Waals surface area (Å²) >= 11 is 0.